The van der Waals surface area contributed by atoms with Crippen LogP contribution in [0.25, 0.3) is 5.78 Å². The second kappa shape index (κ2) is 6.09. The van der Waals surface area contributed by atoms with E-state index < -0.39 is 0 Å². The lowest BCUT2D eigenvalue weighted by Crippen LogP contribution is -2.46. The van der Waals surface area contributed by atoms with E-state index in [-0.39, 0.29) is 0 Å². The van der Waals surface area contributed by atoms with E-state index in [1.807, 2.05) is 23.6 Å². The van der Waals surface area contributed by atoms with E-state index in [0.717, 1.165) is 49.9 Å². The maximum atomic E-state index is 5.87. The van der Waals surface area contributed by atoms with Gasteiger partial charge in [0, 0.05) is 50.2 Å². The minimum absolute atomic E-state index is 0.659. The van der Waals surface area contributed by atoms with Gasteiger partial charge in [-0.05, 0) is 24.6 Å². The molecule has 124 valence electrons. The quantitative estimate of drug-likeness (QED) is 0.733. The molecule has 0 bridgehead atoms. The average Bonchev–Trinajstić information content (AvgIpc) is 3.03. The Bertz CT molecular complexity index is 849. The lowest BCUT2D eigenvalue weighted by atomic mass is 10.2. The number of fused-ring (bicyclic) bond motifs is 1. The Morgan fingerprint density at radius 3 is 2.75 bits per heavy atom. The van der Waals surface area contributed by atoms with Gasteiger partial charge in [0.05, 0.1) is 0 Å². The van der Waals surface area contributed by atoms with E-state index >= 15 is 0 Å². The Labute approximate surface area is 140 Å². The van der Waals surface area contributed by atoms with Gasteiger partial charge in [-0.2, -0.15) is 14.6 Å². The molecule has 0 spiro atoms. The first-order valence-electron chi connectivity index (χ1n) is 8.18. The lowest BCUT2D eigenvalue weighted by molar-refractivity contribution is 0.249. The molecule has 1 aromatic carbocycles. The third kappa shape index (κ3) is 2.90. The number of aryl methyl sites for hydroxylation is 1. The molecule has 0 amide bonds. The number of nitrogens with two attached hydrogens (primary N) is 1. The maximum Gasteiger partial charge on any atom is 0.254 e. The van der Waals surface area contributed by atoms with E-state index in [4.69, 9.17) is 5.73 Å². The molecular formula is C17H21N7. The second-order valence-electron chi connectivity index (χ2n) is 6.24. The van der Waals surface area contributed by atoms with Gasteiger partial charge >= 0.3 is 0 Å². The predicted molar refractivity (Wildman–Crippen MR) is 93.9 cm³/mol. The smallest absolute Gasteiger partial charge is 0.254 e. The first-order chi connectivity index (χ1) is 11.7. The van der Waals surface area contributed by atoms with Crippen LogP contribution >= 0.6 is 0 Å². The van der Waals surface area contributed by atoms with Crippen molar-refractivity contribution in [2.75, 3.05) is 36.8 Å². The van der Waals surface area contributed by atoms with Crippen molar-refractivity contribution in [3.05, 3.63) is 47.9 Å². The zero-order valence-corrected chi connectivity index (χ0v) is 13.8. The van der Waals surface area contributed by atoms with Crippen molar-refractivity contribution in [2.24, 2.45) is 0 Å². The van der Waals surface area contributed by atoms with Gasteiger partial charge in [0.1, 0.15) is 12.1 Å². The first-order valence-corrected chi connectivity index (χ1v) is 8.18. The van der Waals surface area contributed by atoms with Crippen LogP contribution in [-0.2, 0) is 6.54 Å². The predicted octanol–water partition coefficient (Wildman–Crippen LogP) is 1.34. The number of piperazine rings is 1. The number of nitrogens with zero attached hydrogens (tertiary/aromatic N) is 6. The number of nitrogen functional groups attached to an aromatic ring is 1. The highest BCUT2D eigenvalue weighted by Crippen LogP contribution is 2.19. The molecule has 0 radical (unpaired) electrons. The van der Waals surface area contributed by atoms with Crippen LogP contribution in [0, 0.1) is 6.92 Å². The van der Waals surface area contributed by atoms with Gasteiger partial charge < -0.3 is 10.6 Å². The molecule has 1 aliphatic heterocycles. The Balaban J connectivity index is 1.46. The molecule has 3 heterocycles. The van der Waals surface area contributed by atoms with Crippen LogP contribution in [0.2, 0.25) is 0 Å². The van der Waals surface area contributed by atoms with Crippen molar-refractivity contribution >= 4 is 17.3 Å². The highest BCUT2D eigenvalue weighted by molar-refractivity contribution is 5.47. The van der Waals surface area contributed by atoms with Gasteiger partial charge in [-0.3, -0.25) is 4.90 Å². The van der Waals surface area contributed by atoms with Crippen LogP contribution in [-0.4, -0.2) is 50.7 Å². The van der Waals surface area contributed by atoms with E-state index in [2.05, 4.69) is 43.1 Å². The zero-order valence-electron chi connectivity index (χ0n) is 13.8. The molecule has 4 rings (SSSR count). The van der Waals surface area contributed by atoms with E-state index in [1.165, 1.54) is 5.56 Å². The molecule has 7 nitrogen and oxygen atoms in total. The van der Waals surface area contributed by atoms with E-state index in [0.29, 0.717) is 5.78 Å². The number of anilines is 2. The number of aromatic nitrogens is 4. The maximum absolute atomic E-state index is 5.87. The summed E-state index contributed by atoms with van der Waals surface area (Å²) in [5.74, 6) is 1.73. The normalized spacial score (nSPS) is 16.0. The van der Waals surface area contributed by atoms with Crippen molar-refractivity contribution < 1.29 is 0 Å². The van der Waals surface area contributed by atoms with Gasteiger partial charge in [-0.25, -0.2) is 4.98 Å². The van der Waals surface area contributed by atoms with Crippen LogP contribution in [0.1, 0.15) is 11.3 Å². The second-order valence-corrected chi connectivity index (χ2v) is 6.24. The SMILES string of the molecule is Cc1cc(N2CCN(Cc3cccc(N)c3)CC2)n2ncnc2n1. The average molecular weight is 323 g/mol. The lowest BCUT2D eigenvalue weighted by Gasteiger charge is -2.36. The molecular weight excluding hydrogens is 302 g/mol. The van der Waals surface area contributed by atoms with Crippen LogP contribution in [0.3, 0.4) is 0 Å². The summed E-state index contributed by atoms with van der Waals surface area (Å²) in [6, 6.07) is 10.2. The van der Waals surface area contributed by atoms with Gasteiger partial charge in [-0.15, -0.1) is 0 Å². The topological polar surface area (TPSA) is 75.6 Å². The van der Waals surface area contributed by atoms with Gasteiger partial charge in [0.25, 0.3) is 5.78 Å². The Morgan fingerprint density at radius 2 is 1.96 bits per heavy atom. The number of rotatable bonds is 3. The van der Waals surface area contributed by atoms with Crippen molar-refractivity contribution in [2.45, 2.75) is 13.5 Å². The van der Waals surface area contributed by atoms with Crippen molar-refractivity contribution in [1.82, 2.24) is 24.5 Å². The third-order valence-corrected chi connectivity index (χ3v) is 4.41. The summed E-state index contributed by atoms with van der Waals surface area (Å²) in [6.07, 6.45) is 1.56. The number of hydrogen-bond donors (Lipinski definition) is 1. The molecule has 0 saturated carbocycles. The number of benzene rings is 1. The Hall–Kier alpha value is -2.67. The summed E-state index contributed by atoms with van der Waals surface area (Å²) in [7, 11) is 0. The highest BCUT2D eigenvalue weighted by atomic mass is 15.4. The fourth-order valence-corrected chi connectivity index (χ4v) is 3.22. The standard InChI is InChI=1S/C17H21N7/c1-13-9-16(24-17(21-13)19-12-20-24)23-7-5-22(6-8-23)11-14-3-2-4-15(18)10-14/h2-4,9-10,12H,5-8,11,18H2,1H3. The van der Waals surface area contributed by atoms with Gasteiger partial charge in [0.2, 0.25) is 0 Å². The summed E-state index contributed by atoms with van der Waals surface area (Å²) >= 11 is 0. The van der Waals surface area contributed by atoms with Crippen LogP contribution in [0.4, 0.5) is 11.5 Å². The third-order valence-electron chi connectivity index (χ3n) is 4.41. The largest absolute Gasteiger partial charge is 0.399 e. The molecule has 2 aromatic heterocycles. The fraction of sp³-hybridized carbons (Fsp3) is 0.353. The summed E-state index contributed by atoms with van der Waals surface area (Å²) in [5.41, 5.74) is 8.93. The zero-order chi connectivity index (χ0) is 16.5. The first kappa shape index (κ1) is 14.9. The summed E-state index contributed by atoms with van der Waals surface area (Å²) in [5, 5.41) is 4.31. The molecule has 1 fully saturated rings. The monoisotopic (exact) mass is 323 g/mol. The molecule has 0 aliphatic carbocycles. The van der Waals surface area contributed by atoms with Crippen molar-refractivity contribution in [1.29, 1.82) is 0 Å². The Morgan fingerprint density at radius 1 is 1.12 bits per heavy atom. The fourth-order valence-electron chi connectivity index (χ4n) is 3.22. The Kier molecular flexibility index (Phi) is 3.78. The van der Waals surface area contributed by atoms with Crippen LogP contribution in [0.5, 0.6) is 0 Å². The van der Waals surface area contributed by atoms with Gasteiger partial charge in [0.15, 0.2) is 0 Å². The van der Waals surface area contributed by atoms with Gasteiger partial charge in [-0.1, -0.05) is 12.1 Å². The summed E-state index contributed by atoms with van der Waals surface area (Å²) in [4.78, 5) is 13.4. The molecule has 1 aliphatic rings. The molecule has 1 saturated heterocycles. The van der Waals surface area contributed by atoms with Crippen molar-refractivity contribution in [3.63, 3.8) is 0 Å². The summed E-state index contributed by atoms with van der Waals surface area (Å²) in [6.45, 7) is 6.86. The van der Waals surface area contributed by atoms with Crippen molar-refractivity contribution in [3.8, 4) is 0 Å². The molecule has 3 aromatic rings. The highest BCUT2D eigenvalue weighted by Gasteiger charge is 2.20. The summed E-state index contributed by atoms with van der Waals surface area (Å²) < 4.78 is 1.82. The van der Waals surface area contributed by atoms with Crippen LogP contribution in [0.15, 0.2) is 36.7 Å². The molecule has 0 unspecified atom stereocenters. The molecule has 24 heavy (non-hydrogen) atoms. The number of hydrogen-bond acceptors (Lipinski definition) is 6. The van der Waals surface area contributed by atoms with E-state index in [1.54, 1.807) is 6.33 Å². The molecule has 0 atom stereocenters. The van der Waals surface area contributed by atoms with E-state index in [9.17, 15) is 0 Å². The minimum Gasteiger partial charge on any atom is -0.399 e. The minimum atomic E-state index is 0.659. The van der Waals surface area contributed by atoms with Crippen LogP contribution < -0.4 is 10.6 Å². The molecule has 7 heteroatoms. The molecule has 2 N–H and O–H groups in total.